The number of carbonyl (C=O) groups is 1. The van der Waals surface area contributed by atoms with Crippen molar-refractivity contribution in [1.82, 2.24) is 24.4 Å². The summed E-state index contributed by atoms with van der Waals surface area (Å²) >= 11 is 0. The van der Waals surface area contributed by atoms with Crippen LogP contribution in [0.15, 0.2) is 11.1 Å². The number of nitrogen functional groups attached to an aromatic ring is 1. The second-order valence-electron chi connectivity index (χ2n) is 8.32. The number of hydroxylamine groups is 1. The van der Waals surface area contributed by atoms with Crippen molar-refractivity contribution in [2.24, 2.45) is 4.74 Å². The summed E-state index contributed by atoms with van der Waals surface area (Å²) in [6.07, 6.45) is -0.784. The molecule has 2 aromatic heterocycles. The molecular weight excluding hydrogens is 473 g/mol. The standard InChI is InChI=1S/C18H26N7O8P/c1-8(15(27)28)23-34(30)25(9-4-5-9)32-6-10-12(26)18(2,29)16(33-10)24-7-20-11-13(24)21-17(19)22-14(11)31-3/h7-10,12,16,26,29H,4-6H2,1-3H3,(H,27,28)(H2,19,21,22)/t8?,10-,12-,16-,18-/m1/s1. The molecule has 0 aromatic carbocycles. The Bertz CT molecular complexity index is 1110. The quantitative estimate of drug-likeness (QED) is 0.245. The topological polar surface area (TPSA) is 214 Å². The van der Waals surface area contributed by atoms with Crippen molar-refractivity contribution in [2.75, 3.05) is 19.5 Å². The summed E-state index contributed by atoms with van der Waals surface area (Å²) in [5.74, 6) is -1.14. The number of aromatic nitrogens is 4. The number of carboxylic acid groups (broad SMARTS) is 1. The van der Waals surface area contributed by atoms with E-state index in [4.69, 9.17) is 25.2 Å². The smallest absolute Gasteiger partial charge is 0.332 e. The molecule has 16 heteroatoms. The average molecular weight is 499 g/mol. The Morgan fingerprint density at radius 2 is 2.24 bits per heavy atom. The van der Waals surface area contributed by atoms with E-state index >= 15 is 0 Å². The van der Waals surface area contributed by atoms with Crippen molar-refractivity contribution in [3.63, 3.8) is 0 Å². The van der Waals surface area contributed by atoms with Gasteiger partial charge in [-0.2, -0.15) is 9.97 Å². The molecule has 6 atom stereocenters. The minimum atomic E-state index is -2.49. The fraction of sp³-hybridized carbons (Fsp3) is 0.667. The molecule has 34 heavy (non-hydrogen) atoms. The molecule has 5 N–H and O–H groups in total. The zero-order valence-electron chi connectivity index (χ0n) is 18.7. The number of imidazole rings is 1. The molecule has 1 aliphatic heterocycles. The van der Waals surface area contributed by atoms with Gasteiger partial charge < -0.3 is 35.4 Å². The van der Waals surface area contributed by atoms with E-state index in [0.29, 0.717) is 12.8 Å². The third-order valence-electron chi connectivity index (χ3n) is 5.64. The molecule has 2 aliphatic rings. The Morgan fingerprint density at radius 3 is 2.85 bits per heavy atom. The van der Waals surface area contributed by atoms with Crippen LogP contribution in [0.4, 0.5) is 5.95 Å². The van der Waals surface area contributed by atoms with Gasteiger partial charge in [0.25, 0.3) is 8.09 Å². The van der Waals surface area contributed by atoms with Gasteiger partial charge in [-0.25, -0.2) is 9.78 Å². The highest BCUT2D eigenvalue weighted by Gasteiger charge is 2.54. The maximum absolute atomic E-state index is 12.6. The Labute approximate surface area is 194 Å². The first kappa shape index (κ1) is 24.6. The van der Waals surface area contributed by atoms with Crippen LogP contribution in [0.5, 0.6) is 5.88 Å². The van der Waals surface area contributed by atoms with Gasteiger partial charge in [-0.3, -0.25) is 9.40 Å². The predicted octanol–water partition coefficient (Wildman–Crippen LogP) is -0.849. The van der Waals surface area contributed by atoms with Crippen LogP contribution in [0.3, 0.4) is 0 Å². The number of nitrogens with two attached hydrogens (primary N) is 1. The summed E-state index contributed by atoms with van der Waals surface area (Å²) < 4.78 is 16.2. The van der Waals surface area contributed by atoms with E-state index in [9.17, 15) is 19.9 Å². The molecule has 2 fully saturated rings. The SMILES string of the molecule is COc1nc(N)nc2c1ncn2[C@@H]1O[C@H](CON(C2CC2)/[P+]([O-])=N/C(C)C(=O)O)[C@@H](O)[C@@]1(C)O. The molecule has 3 heterocycles. The molecule has 15 nitrogen and oxygen atoms in total. The maximum Gasteiger partial charge on any atom is 0.332 e. The van der Waals surface area contributed by atoms with Crippen molar-refractivity contribution < 1.29 is 39.3 Å². The number of rotatable bonds is 9. The summed E-state index contributed by atoms with van der Waals surface area (Å²) in [5.41, 5.74) is 4.48. The van der Waals surface area contributed by atoms with E-state index < -0.39 is 44.1 Å². The van der Waals surface area contributed by atoms with Gasteiger partial charge in [0.05, 0.1) is 19.5 Å². The van der Waals surface area contributed by atoms with E-state index in [2.05, 4.69) is 19.7 Å². The van der Waals surface area contributed by atoms with Gasteiger partial charge in [-0.15, -0.1) is 0 Å². The zero-order valence-corrected chi connectivity index (χ0v) is 19.6. The number of nitrogens with zero attached hydrogens (tertiary/aromatic N) is 6. The van der Waals surface area contributed by atoms with E-state index in [-0.39, 0.29) is 35.6 Å². The fourth-order valence-corrected chi connectivity index (χ4v) is 4.76. The van der Waals surface area contributed by atoms with Crippen molar-refractivity contribution in [2.45, 2.75) is 62.8 Å². The van der Waals surface area contributed by atoms with Crippen LogP contribution in [0, 0.1) is 0 Å². The normalized spacial score (nSPS) is 28.6. The molecule has 0 radical (unpaired) electrons. The van der Waals surface area contributed by atoms with E-state index in [1.807, 2.05) is 0 Å². The molecule has 0 bridgehead atoms. The molecule has 4 rings (SSSR count). The van der Waals surface area contributed by atoms with E-state index in [0.717, 1.165) is 4.83 Å². The third-order valence-corrected chi connectivity index (χ3v) is 6.96. The van der Waals surface area contributed by atoms with Gasteiger partial charge in [0.2, 0.25) is 11.8 Å². The van der Waals surface area contributed by atoms with Gasteiger partial charge in [0.1, 0.15) is 24.4 Å². The van der Waals surface area contributed by atoms with Crippen LogP contribution < -0.4 is 15.4 Å². The first-order valence-corrected chi connectivity index (χ1v) is 11.6. The number of aliphatic carboxylic acids is 1. The second kappa shape index (κ2) is 9.26. The van der Waals surface area contributed by atoms with E-state index in [1.165, 1.54) is 31.9 Å². The Morgan fingerprint density at radius 1 is 1.53 bits per heavy atom. The highest BCUT2D eigenvalue weighted by atomic mass is 31.1. The van der Waals surface area contributed by atoms with Gasteiger partial charge in [-0.05, 0) is 26.7 Å². The number of aliphatic hydroxyl groups is 2. The monoisotopic (exact) mass is 499 g/mol. The van der Waals surface area contributed by atoms with Gasteiger partial charge in [0.15, 0.2) is 23.4 Å². The number of fused-ring (bicyclic) bond motifs is 1. The maximum atomic E-state index is 12.6. The van der Waals surface area contributed by atoms with Crippen LogP contribution >= 0.6 is 8.09 Å². The van der Waals surface area contributed by atoms with Crippen LogP contribution in [-0.4, -0.2) is 89.3 Å². The molecule has 0 spiro atoms. The molecule has 186 valence electrons. The number of methoxy groups -OCH3 is 1. The Balaban J connectivity index is 1.54. The van der Waals surface area contributed by atoms with Crippen LogP contribution in [-0.2, 0) is 14.4 Å². The lowest BCUT2D eigenvalue weighted by atomic mass is 9.96. The molecule has 1 aliphatic carbocycles. The molecule has 1 saturated heterocycles. The van der Waals surface area contributed by atoms with Crippen molar-refractivity contribution in [3.8, 4) is 5.88 Å². The summed E-state index contributed by atoms with van der Waals surface area (Å²) in [4.78, 5) is 42.7. The Kier molecular flexibility index (Phi) is 6.70. The van der Waals surface area contributed by atoms with Crippen LogP contribution in [0.1, 0.15) is 32.9 Å². The first-order valence-electron chi connectivity index (χ1n) is 10.5. The molecular formula is C18H26N7O8P. The third kappa shape index (κ3) is 4.55. The minimum absolute atomic E-state index is 0.0765. The lowest BCUT2D eigenvalue weighted by Gasteiger charge is -2.27. The predicted molar refractivity (Wildman–Crippen MR) is 114 cm³/mol. The summed E-state index contributed by atoms with van der Waals surface area (Å²) in [5, 5.41) is 30.8. The average Bonchev–Trinajstić information content (AvgIpc) is 3.49. The number of anilines is 1. The van der Waals surface area contributed by atoms with Gasteiger partial charge in [0, 0.05) is 4.83 Å². The second-order valence-corrected chi connectivity index (χ2v) is 9.46. The summed E-state index contributed by atoms with van der Waals surface area (Å²) in [6.45, 7) is 2.43. The number of aliphatic hydroxyl groups excluding tert-OH is 1. The van der Waals surface area contributed by atoms with Crippen molar-refractivity contribution in [1.29, 1.82) is 0 Å². The molecule has 2 aromatic rings. The number of carboxylic acids is 1. The summed E-state index contributed by atoms with van der Waals surface area (Å²) in [6, 6.07) is -1.36. The van der Waals surface area contributed by atoms with Crippen molar-refractivity contribution >= 4 is 31.2 Å². The van der Waals surface area contributed by atoms with Crippen LogP contribution in [0.25, 0.3) is 11.2 Å². The zero-order chi connectivity index (χ0) is 24.8. The molecule has 1 saturated carbocycles. The summed E-state index contributed by atoms with van der Waals surface area (Å²) in [7, 11) is -1.08. The minimum Gasteiger partial charge on any atom is -0.593 e. The highest BCUT2D eigenvalue weighted by Crippen LogP contribution is 2.42. The number of hydrogen-bond donors (Lipinski definition) is 4. The van der Waals surface area contributed by atoms with Gasteiger partial charge in [-0.1, -0.05) is 4.74 Å². The lowest BCUT2D eigenvalue weighted by molar-refractivity contribution is -0.213. The first-order chi connectivity index (χ1) is 16.0. The van der Waals surface area contributed by atoms with Gasteiger partial charge >= 0.3 is 5.97 Å². The van der Waals surface area contributed by atoms with Crippen LogP contribution in [0.2, 0.25) is 0 Å². The number of hydrogen-bond acceptors (Lipinski definition) is 12. The van der Waals surface area contributed by atoms with Crippen molar-refractivity contribution in [3.05, 3.63) is 6.33 Å². The Hall–Kier alpha value is -2.52. The van der Waals surface area contributed by atoms with E-state index in [1.54, 1.807) is 0 Å². The molecule has 2 unspecified atom stereocenters. The molecule has 0 amide bonds. The lowest BCUT2D eigenvalue weighted by Crippen LogP contribution is -2.44. The number of ether oxygens (including phenoxy) is 2. The highest BCUT2D eigenvalue weighted by molar-refractivity contribution is 7.36. The largest absolute Gasteiger partial charge is 0.593 e. The fourth-order valence-electron chi connectivity index (χ4n) is 3.59.